The standard InChI is InChI=1S/C13H19NO6S/c1-4-20-12-7-9(5-6-11(12)19-2)10(14-13(15)16)8-21(3,17)18/h5-7,10,14H,4,8H2,1-3H3,(H,15,16)/t10-/m1/s1. The second-order valence-corrected chi connectivity index (χ2v) is 6.62. The average Bonchev–Trinajstić information content (AvgIpc) is 2.36. The van der Waals surface area contributed by atoms with Crippen molar-refractivity contribution in [1.82, 2.24) is 5.32 Å². The van der Waals surface area contributed by atoms with Gasteiger partial charge in [-0.05, 0) is 24.6 Å². The molecule has 0 saturated heterocycles. The number of methoxy groups -OCH3 is 1. The first-order valence-corrected chi connectivity index (χ1v) is 8.30. The molecule has 0 spiro atoms. The zero-order valence-electron chi connectivity index (χ0n) is 12.1. The lowest BCUT2D eigenvalue weighted by molar-refractivity contribution is 0.191. The number of hydrogen-bond donors (Lipinski definition) is 2. The van der Waals surface area contributed by atoms with Gasteiger partial charge in [0.15, 0.2) is 11.5 Å². The van der Waals surface area contributed by atoms with E-state index in [9.17, 15) is 13.2 Å². The fourth-order valence-electron chi connectivity index (χ4n) is 1.85. The molecule has 118 valence electrons. The molecule has 0 radical (unpaired) electrons. The molecule has 1 atom stereocenters. The molecule has 0 heterocycles. The van der Waals surface area contributed by atoms with Crippen molar-refractivity contribution < 1.29 is 27.8 Å². The van der Waals surface area contributed by atoms with E-state index in [1.54, 1.807) is 25.1 Å². The highest BCUT2D eigenvalue weighted by molar-refractivity contribution is 7.90. The van der Waals surface area contributed by atoms with Gasteiger partial charge in [-0.25, -0.2) is 13.2 Å². The Hall–Kier alpha value is -1.96. The topological polar surface area (TPSA) is 102 Å². The Morgan fingerprint density at radius 1 is 1.38 bits per heavy atom. The maximum Gasteiger partial charge on any atom is 0.405 e. The Bertz CT molecular complexity index is 599. The molecule has 1 aromatic rings. The Labute approximate surface area is 123 Å². The molecule has 0 aliphatic carbocycles. The third-order valence-electron chi connectivity index (χ3n) is 2.66. The first-order chi connectivity index (χ1) is 9.76. The minimum absolute atomic E-state index is 0.336. The normalized spacial score (nSPS) is 12.5. The maximum atomic E-state index is 11.4. The highest BCUT2D eigenvalue weighted by atomic mass is 32.2. The van der Waals surface area contributed by atoms with Gasteiger partial charge in [-0.15, -0.1) is 0 Å². The number of nitrogens with one attached hydrogen (secondary N) is 1. The molecular weight excluding hydrogens is 298 g/mol. The van der Waals surface area contributed by atoms with Crippen LogP contribution in [0.15, 0.2) is 18.2 Å². The molecular formula is C13H19NO6S. The predicted octanol–water partition coefficient (Wildman–Crippen LogP) is 1.45. The monoisotopic (exact) mass is 317 g/mol. The molecule has 0 aliphatic heterocycles. The fraction of sp³-hybridized carbons (Fsp3) is 0.462. The highest BCUT2D eigenvalue weighted by Gasteiger charge is 2.21. The molecule has 1 rings (SSSR count). The van der Waals surface area contributed by atoms with Crippen molar-refractivity contribution in [2.24, 2.45) is 0 Å². The Balaban J connectivity index is 3.17. The summed E-state index contributed by atoms with van der Waals surface area (Å²) in [4.78, 5) is 10.8. The van der Waals surface area contributed by atoms with Gasteiger partial charge in [0.1, 0.15) is 9.84 Å². The number of carboxylic acid groups (broad SMARTS) is 1. The van der Waals surface area contributed by atoms with E-state index in [0.717, 1.165) is 6.26 Å². The summed E-state index contributed by atoms with van der Waals surface area (Å²) in [6, 6.07) is 3.92. The largest absolute Gasteiger partial charge is 0.493 e. The number of carbonyl (C=O) groups is 1. The number of hydrogen-bond acceptors (Lipinski definition) is 5. The van der Waals surface area contributed by atoms with Crippen molar-refractivity contribution in [2.75, 3.05) is 25.7 Å². The number of amides is 1. The van der Waals surface area contributed by atoms with Gasteiger partial charge in [0.05, 0.1) is 25.5 Å². The van der Waals surface area contributed by atoms with Crippen LogP contribution in [0.5, 0.6) is 11.5 Å². The SMILES string of the molecule is CCOc1cc([C@@H](CS(C)(=O)=O)NC(=O)O)ccc1OC. The summed E-state index contributed by atoms with van der Waals surface area (Å²) in [5, 5.41) is 11.1. The average molecular weight is 317 g/mol. The summed E-state index contributed by atoms with van der Waals surface area (Å²) >= 11 is 0. The molecule has 1 amide bonds. The lowest BCUT2D eigenvalue weighted by Gasteiger charge is -2.18. The molecule has 0 bridgehead atoms. The number of ether oxygens (including phenoxy) is 2. The molecule has 0 unspecified atom stereocenters. The molecule has 0 saturated carbocycles. The van der Waals surface area contributed by atoms with Crippen molar-refractivity contribution in [2.45, 2.75) is 13.0 Å². The smallest absolute Gasteiger partial charge is 0.405 e. The van der Waals surface area contributed by atoms with Crippen LogP contribution in [0, 0.1) is 0 Å². The minimum Gasteiger partial charge on any atom is -0.493 e. The van der Waals surface area contributed by atoms with Crippen LogP contribution >= 0.6 is 0 Å². The number of sulfone groups is 1. The van der Waals surface area contributed by atoms with Gasteiger partial charge in [0.2, 0.25) is 0 Å². The zero-order chi connectivity index (χ0) is 16.0. The number of rotatable bonds is 7. The molecule has 1 aromatic carbocycles. The van der Waals surface area contributed by atoms with Crippen molar-refractivity contribution in [3.8, 4) is 11.5 Å². The Morgan fingerprint density at radius 2 is 2.05 bits per heavy atom. The summed E-state index contributed by atoms with van der Waals surface area (Å²) in [6.07, 6.45) is -0.242. The van der Waals surface area contributed by atoms with Gasteiger partial charge in [0.25, 0.3) is 0 Å². The first-order valence-electron chi connectivity index (χ1n) is 6.24. The van der Waals surface area contributed by atoms with E-state index in [1.165, 1.54) is 7.11 Å². The first kappa shape index (κ1) is 17.1. The van der Waals surface area contributed by atoms with Gasteiger partial charge in [-0.1, -0.05) is 6.07 Å². The Kier molecular flexibility index (Phi) is 5.83. The van der Waals surface area contributed by atoms with Crippen LogP contribution in [0.1, 0.15) is 18.5 Å². The van der Waals surface area contributed by atoms with E-state index in [0.29, 0.717) is 23.7 Å². The van der Waals surface area contributed by atoms with Crippen LogP contribution < -0.4 is 14.8 Å². The van der Waals surface area contributed by atoms with Crippen LogP contribution in [0.4, 0.5) is 4.79 Å². The van der Waals surface area contributed by atoms with E-state index in [2.05, 4.69) is 5.32 Å². The molecule has 0 aromatic heterocycles. The molecule has 0 aliphatic rings. The quantitative estimate of drug-likeness (QED) is 0.789. The second kappa shape index (κ2) is 7.16. The van der Waals surface area contributed by atoms with E-state index in [1.807, 2.05) is 0 Å². The van der Waals surface area contributed by atoms with Gasteiger partial charge < -0.3 is 19.9 Å². The van der Waals surface area contributed by atoms with E-state index < -0.39 is 22.0 Å². The molecule has 0 fully saturated rings. The van der Waals surface area contributed by atoms with Crippen LogP contribution in [0.3, 0.4) is 0 Å². The summed E-state index contributed by atoms with van der Waals surface area (Å²) < 4.78 is 33.4. The van der Waals surface area contributed by atoms with Crippen LogP contribution in [0.2, 0.25) is 0 Å². The van der Waals surface area contributed by atoms with Gasteiger partial charge in [-0.2, -0.15) is 0 Å². The summed E-state index contributed by atoms with van der Waals surface area (Å²) in [7, 11) is -1.87. The van der Waals surface area contributed by atoms with Crippen LogP contribution in [-0.2, 0) is 9.84 Å². The third-order valence-corrected chi connectivity index (χ3v) is 3.60. The van der Waals surface area contributed by atoms with Gasteiger partial charge >= 0.3 is 6.09 Å². The zero-order valence-corrected chi connectivity index (χ0v) is 12.9. The molecule has 8 heteroatoms. The van der Waals surface area contributed by atoms with Crippen LogP contribution in [0.25, 0.3) is 0 Å². The fourth-order valence-corrected chi connectivity index (χ4v) is 2.73. The van der Waals surface area contributed by atoms with Gasteiger partial charge in [-0.3, -0.25) is 0 Å². The van der Waals surface area contributed by atoms with Crippen molar-refractivity contribution >= 4 is 15.9 Å². The van der Waals surface area contributed by atoms with E-state index in [-0.39, 0.29) is 5.75 Å². The summed E-state index contributed by atoms with van der Waals surface area (Å²) in [5.74, 6) is 0.592. The molecule has 2 N–H and O–H groups in total. The van der Waals surface area contributed by atoms with E-state index >= 15 is 0 Å². The predicted molar refractivity (Wildman–Crippen MR) is 77.8 cm³/mol. The van der Waals surface area contributed by atoms with Crippen LogP contribution in [-0.4, -0.2) is 45.3 Å². The summed E-state index contributed by atoms with van der Waals surface area (Å²) in [5.41, 5.74) is 0.493. The molecule has 7 nitrogen and oxygen atoms in total. The third kappa shape index (κ3) is 5.50. The van der Waals surface area contributed by atoms with Crippen molar-refractivity contribution in [1.29, 1.82) is 0 Å². The summed E-state index contributed by atoms with van der Waals surface area (Å²) in [6.45, 7) is 2.21. The Morgan fingerprint density at radius 3 is 2.52 bits per heavy atom. The van der Waals surface area contributed by atoms with Crippen molar-refractivity contribution in [3.63, 3.8) is 0 Å². The number of benzene rings is 1. The highest BCUT2D eigenvalue weighted by Crippen LogP contribution is 2.30. The minimum atomic E-state index is -3.36. The molecule has 21 heavy (non-hydrogen) atoms. The maximum absolute atomic E-state index is 11.4. The van der Waals surface area contributed by atoms with Crippen molar-refractivity contribution in [3.05, 3.63) is 23.8 Å². The lowest BCUT2D eigenvalue weighted by Crippen LogP contribution is -2.31. The lowest BCUT2D eigenvalue weighted by atomic mass is 10.1. The van der Waals surface area contributed by atoms with Gasteiger partial charge in [0, 0.05) is 6.26 Å². The van der Waals surface area contributed by atoms with E-state index in [4.69, 9.17) is 14.6 Å². The second-order valence-electron chi connectivity index (χ2n) is 4.44.